The Morgan fingerprint density at radius 2 is 2.24 bits per heavy atom. The van der Waals surface area contributed by atoms with Crippen LogP contribution in [0.1, 0.15) is 39.0 Å². The lowest BCUT2D eigenvalue weighted by atomic mass is 9.88. The van der Waals surface area contributed by atoms with Gasteiger partial charge in [0.05, 0.1) is 6.54 Å². The van der Waals surface area contributed by atoms with Gasteiger partial charge in [-0.1, -0.05) is 19.3 Å². The molecule has 0 bridgehead atoms. The first-order valence-electron chi connectivity index (χ1n) is 6.53. The van der Waals surface area contributed by atoms with Crippen molar-refractivity contribution >= 4 is 5.91 Å². The minimum atomic E-state index is 0.143. The predicted octanol–water partition coefficient (Wildman–Crippen LogP) is 1.97. The van der Waals surface area contributed by atoms with Crippen LogP contribution >= 0.6 is 0 Å². The van der Waals surface area contributed by atoms with Gasteiger partial charge in [-0.15, -0.1) is 0 Å². The van der Waals surface area contributed by atoms with E-state index in [1.54, 1.807) is 6.20 Å². The topological polar surface area (TPSA) is 46.9 Å². The summed E-state index contributed by atoms with van der Waals surface area (Å²) in [6, 6.07) is 2.04. The molecule has 1 aliphatic carbocycles. The summed E-state index contributed by atoms with van der Waals surface area (Å²) in [5.74, 6) is 0.466. The van der Waals surface area contributed by atoms with Crippen LogP contribution in [0.2, 0.25) is 0 Å². The van der Waals surface area contributed by atoms with Gasteiger partial charge in [0.1, 0.15) is 0 Å². The summed E-state index contributed by atoms with van der Waals surface area (Å²) < 4.78 is 1.85. The monoisotopic (exact) mass is 235 g/mol. The van der Waals surface area contributed by atoms with Gasteiger partial charge in [-0.25, -0.2) is 0 Å². The van der Waals surface area contributed by atoms with Crippen LogP contribution in [0.15, 0.2) is 18.5 Å². The summed E-state index contributed by atoms with van der Waals surface area (Å²) in [5, 5.41) is 7.23. The molecule has 1 N–H and O–H groups in total. The van der Waals surface area contributed by atoms with E-state index < -0.39 is 0 Å². The highest BCUT2D eigenvalue weighted by Crippen LogP contribution is 2.23. The van der Waals surface area contributed by atoms with Crippen LogP contribution in [-0.4, -0.2) is 21.7 Å². The van der Waals surface area contributed by atoms with E-state index in [-0.39, 0.29) is 17.9 Å². The second kappa shape index (κ2) is 5.84. The maximum absolute atomic E-state index is 12.0. The summed E-state index contributed by atoms with van der Waals surface area (Å²) in [7, 11) is 0. The second-order valence-electron chi connectivity index (χ2n) is 4.97. The van der Waals surface area contributed by atoms with E-state index >= 15 is 0 Å². The molecule has 0 spiro atoms. The number of aromatic nitrogens is 2. The molecule has 1 aliphatic rings. The fraction of sp³-hybridized carbons (Fsp3) is 0.692. The van der Waals surface area contributed by atoms with Gasteiger partial charge < -0.3 is 5.32 Å². The molecule has 1 aromatic heterocycles. The van der Waals surface area contributed by atoms with E-state index in [4.69, 9.17) is 0 Å². The summed E-state index contributed by atoms with van der Waals surface area (Å²) in [6.07, 6.45) is 9.48. The second-order valence-corrected chi connectivity index (χ2v) is 4.97. The van der Waals surface area contributed by atoms with Crippen molar-refractivity contribution in [2.45, 2.75) is 51.6 Å². The fourth-order valence-corrected chi connectivity index (χ4v) is 2.46. The van der Waals surface area contributed by atoms with E-state index in [9.17, 15) is 4.79 Å². The number of nitrogens with zero attached hydrogens (tertiary/aromatic N) is 2. The average molecular weight is 235 g/mol. The van der Waals surface area contributed by atoms with Gasteiger partial charge in [0, 0.05) is 24.4 Å². The number of rotatable bonds is 4. The SMILES string of the molecule is C[C@@H](Cn1cccn1)NC(=O)C1CCCCC1. The third-order valence-corrected chi connectivity index (χ3v) is 3.38. The lowest BCUT2D eigenvalue weighted by molar-refractivity contribution is -0.126. The molecule has 0 radical (unpaired) electrons. The molecule has 1 amide bonds. The van der Waals surface area contributed by atoms with Gasteiger partial charge in [0.2, 0.25) is 5.91 Å². The lowest BCUT2D eigenvalue weighted by Gasteiger charge is -2.23. The molecule has 1 heterocycles. The molecule has 1 fully saturated rings. The predicted molar refractivity (Wildman–Crippen MR) is 66.4 cm³/mol. The zero-order chi connectivity index (χ0) is 12.1. The number of amides is 1. The molecule has 2 rings (SSSR count). The van der Waals surface area contributed by atoms with Crippen molar-refractivity contribution in [2.75, 3.05) is 0 Å². The molecule has 0 unspecified atom stereocenters. The molecule has 4 nitrogen and oxygen atoms in total. The van der Waals surface area contributed by atoms with Gasteiger partial charge in [-0.2, -0.15) is 5.10 Å². The Balaban J connectivity index is 1.77. The van der Waals surface area contributed by atoms with Crippen molar-refractivity contribution < 1.29 is 4.79 Å². The van der Waals surface area contributed by atoms with Crippen molar-refractivity contribution in [1.29, 1.82) is 0 Å². The van der Waals surface area contributed by atoms with E-state index in [1.807, 2.05) is 23.9 Å². The van der Waals surface area contributed by atoms with Crippen LogP contribution in [0.4, 0.5) is 0 Å². The van der Waals surface area contributed by atoms with Crippen molar-refractivity contribution in [2.24, 2.45) is 5.92 Å². The van der Waals surface area contributed by atoms with Crippen LogP contribution in [0.3, 0.4) is 0 Å². The van der Waals surface area contributed by atoms with Crippen LogP contribution in [0.25, 0.3) is 0 Å². The summed E-state index contributed by atoms with van der Waals surface area (Å²) in [4.78, 5) is 12.0. The van der Waals surface area contributed by atoms with Crippen LogP contribution in [0.5, 0.6) is 0 Å². The number of hydrogen-bond donors (Lipinski definition) is 1. The summed E-state index contributed by atoms with van der Waals surface area (Å²) in [5.41, 5.74) is 0. The third-order valence-electron chi connectivity index (χ3n) is 3.38. The van der Waals surface area contributed by atoms with Crippen molar-refractivity contribution in [3.63, 3.8) is 0 Å². The normalized spacial score (nSPS) is 18.9. The number of carbonyl (C=O) groups is 1. The Labute approximate surface area is 102 Å². The molecular formula is C13H21N3O. The molecule has 1 atom stereocenters. The van der Waals surface area contributed by atoms with Crippen molar-refractivity contribution in [3.05, 3.63) is 18.5 Å². The van der Waals surface area contributed by atoms with E-state index in [0.717, 1.165) is 19.4 Å². The Kier molecular flexibility index (Phi) is 4.18. The zero-order valence-electron chi connectivity index (χ0n) is 10.4. The first-order valence-corrected chi connectivity index (χ1v) is 6.53. The maximum atomic E-state index is 12.0. The van der Waals surface area contributed by atoms with Gasteiger partial charge in [-0.3, -0.25) is 9.48 Å². The van der Waals surface area contributed by atoms with Crippen LogP contribution in [-0.2, 0) is 11.3 Å². The average Bonchev–Trinajstić information content (AvgIpc) is 2.82. The Hall–Kier alpha value is -1.32. The first kappa shape index (κ1) is 12.1. The number of nitrogens with one attached hydrogen (secondary N) is 1. The number of hydrogen-bond acceptors (Lipinski definition) is 2. The van der Waals surface area contributed by atoms with Gasteiger partial charge in [-0.05, 0) is 25.8 Å². The standard InChI is InChI=1S/C13H21N3O/c1-11(10-16-9-5-8-14-16)15-13(17)12-6-3-2-4-7-12/h5,8-9,11-12H,2-4,6-7,10H2,1H3,(H,15,17)/t11-/m0/s1. The molecule has 0 saturated heterocycles. The van der Waals surface area contributed by atoms with Crippen LogP contribution in [0, 0.1) is 5.92 Å². The van der Waals surface area contributed by atoms with Crippen LogP contribution < -0.4 is 5.32 Å². The molecule has 0 aliphatic heterocycles. The fourth-order valence-electron chi connectivity index (χ4n) is 2.46. The van der Waals surface area contributed by atoms with E-state index in [1.165, 1.54) is 19.3 Å². The molecule has 4 heteroatoms. The lowest BCUT2D eigenvalue weighted by Crippen LogP contribution is -2.40. The minimum Gasteiger partial charge on any atom is -0.352 e. The Bertz CT molecular complexity index is 342. The third kappa shape index (κ3) is 3.58. The first-order chi connectivity index (χ1) is 8.25. The molecule has 17 heavy (non-hydrogen) atoms. The highest BCUT2D eigenvalue weighted by molar-refractivity contribution is 5.78. The van der Waals surface area contributed by atoms with Gasteiger partial charge >= 0.3 is 0 Å². The molecule has 1 aromatic rings. The van der Waals surface area contributed by atoms with Gasteiger partial charge in [0.15, 0.2) is 0 Å². The summed E-state index contributed by atoms with van der Waals surface area (Å²) in [6.45, 7) is 2.77. The number of carbonyl (C=O) groups excluding carboxylic acids is 1. The summed E-state index contributed by atoms with van der Waals surface area (Å²) >= 11 is 0. The van der Waals surface area contributed by atoms with Crippen molar-refractivity contribution in [3.8, 4) is 0 Å². The molecule has 1 saturated carbocycles. The van der Waals surface area contributed by atoms with E-state index in [0.29, 0.717) is 0 Å². The van der Waals surface area contributed by atoms with E-state index in [2.05, 4.69) is 10.4 Å². The van der Waals surface area contributed by atoms with Crippen molar-refractivity contribution in [1.82, 2.24) is 15.1 Å². The molecule has 94 valence electrons. The Morgan fingerprint density at radius 3 is 2.88 bits per heavy atom. The Morgan fingerprint density at radius 1 is 1.47 bits per heavy atom. The molecular weight excluding hydrogens is 214 g/mol. The van der Waals surface area contributed by atoms with Gasteiger partial charge in [0.25, 0.3) is 0 Å². The highest BCUT2D eigenvalue weighted by atomic mass is 16.1. The zero-order valence-corrected chi connectivity index (χ0v) is 10.4. The molecule has 0 aromatic carbocycles. The maximum Gasteiger partial charge on any atom is 0.223 e. The highest BCUT2D eigenvalue weighted by Gasteiger charge is 2.22. The minimum absolute atomic E-state index is 0.143. The smallest absolute Gasteiger partial charge is 0.223 e. The quantitative estimate of drug-likeness (QED) is 0.867. The largest absolute Gasteiger partial charge is 0.352 e.